The minimum atomic E-state index is -1.30. The Bertz CT molecular complexity index is 1810. The van der Waals surface area contributed by atoms with Crippen molar-refractivity contribution in [3.8, 4) is 11.5 Å². The molecule has 214 valence electrons. The largest absolute Gasteiger partial charge is 0.493 e. The number of amides is 3. The van der Waals surface area contributed by atoms with E-state index in [0.717, 1.165) is 38.8 Å². The van der Waals surface area contributed by atoms with Gasteiger partial charge in [0.2, 0.25) is 11.8 Å². The van der Waals surface area contributed by atoms with E-state index in [1.165, 1.54) is 7.11 Å². The van der Waals surface area contributed by atoms with E-state index in [1.54, 1.807) is 18.2 Å². The number of aromatic amines is 1. The fraction of sp³-hybridized carbons (Fsp3) is 0.207. The Hall–Kier alpha value is -4.62. The number of methoxy groups -OCH3 is 1. The summed E-state index contributed by atoms with van der Waals surface area (Å²) in [5, 5.41) is 13.6. The SMILES string of the molecule is COc1cc([C@@H]2c3sc(=O)[nH]c3SC3C(=O)N(CC(=O)O)C(=O)C32)ccc1OCC(=O)Nc1cccc2ccccc12. The summed E-state index contributed by atoms with van der Waals surface area (Å²) in [6, 6.07) is 18.2. The van der Waals surface area contributed by atoms with Gasteiger partial charge in [0, 0.05) is 21.9 Å². The molecule has 13 heteroatoms. The molecule has 3 heterocycles. The molecule has 0 spiro atoms. The number of hydrogen-bond donors (Lipinski definition) is 3. The van der Waals surface area contributed by atoms with Crippen molar-refractivity contribution in [3.05, 3.63) is 80.8 Å². The van der Waals surface area contributed by atoms with Crippen molar-refractivity contribution >= 4 is 63.2 Å². The highest BCUT2D eigenvalue weighted by molar-refractivity contribution is 8.00. The molecule has 1 fully saturated rings. The molecule has 42 heavy (non-hydrogen) atoms. The van der Waals surface area contributed by atoms with Crippen molar-refractivity contribution < 1.29 is 33.8 Å². The van der Waals surface area contributed by atoms with Crippen molar-refractivity contribution in [2.24, 2.45) is 5.92 Å². The van der Waals surface area contributed by atoms with Gasteiger partial charge < -0.3 is 24.9 Å². The third kappa shape index (κ3) is 4.90. The van der Waals surface area contributed by atoms with E-state index >= 15 is 0 Å². The van der Waals surface area contributed by atoms with Crippen molar-refractivity contribution in [2.45, 2.75) is 16.2 Å². The molecule has 2 aliphatic heterocycles. The van der Waals surface area contributed by atoms with E-state index < -0.39 is 41.4 Å². The summed E-state index contributed by atoms with van der Waals surface area (Å²) in [6.45, 7) is -1.04. The number of carbonyl (C=O) groups excluding carboxylic acids is 3. The van der Waals surface area contributed by atoms with Crippen LogP contribution < -0.4 is 19.7 Å². The molecule has 11 nitrogen and oxygen atoms in total. The van der Waals surface area contributed by atoms with Gasteiger partial charge in [0.25, 0.3) is 5.91 Å². The Morgan fingerprint density at radius 2 is 1.81 bits per heavy atom. The zero-order valence-corrected chi connectivity index (χ0v) is 23.6. The summed E-state index contributed by atoms with van der Waals surface area (Å²) in [5.41, 5.74) is 1.23. The minimum Gasteiger partial charge on any atom is -0.493 e. The average Bonchev–Trinajstić information content (AvgIpc) is 3.46. The lowest BCUT2D eigenvalue weighted by atomic mass is 9.83. The Labute approximate surface area is 246 Å². The lowest BCUT2D eigenvalue weighted by Gasteiger charge is -2.30. The van der Waals surface area contributed by atoms with Gasteiger partial charge in [-0.3, -0.25) is 28.9 Å². The summed E-state index contributed by atoms with van der Waals surface area (Å²) in [4.78, 5) is 66.5. The number of rotatable bonds is 8. The second-order valence-corrected chi connectivity index (χ2v) is 11.8. The maximum atomic E-state index is 13.4. The number of likely N-dealkylation sites (tertiary alicyclic amines) is 1. The van der Waals surface area contributed by atoms with E-state index in [0.29, 0.717) is 21.2 Å². The molecular formula is C29H23N3O8S2. The molecule has 2 unspecified atom stereocenters. The zero-order chi connectivity index (χ0) is 29.5. The van der Waals surface area contributed by atoms with Crippen LogP contribution in [0.25, 0.3) is 10.8 Å². The van der Waals surface area contributed by atoms with Gasteiger partial charge in [-0.25, -0.2) is 0 Å². The maximum Gasteiger partial charge on any atom is 0.323 e. The Kier molecular flexibility index (Phi) is 7.21. The number of carboxylic acid groups (broad SMARTS) is 1. The standard InChI is InChI=1S/C29H23N3O8S2/c1-39-19-11-15(9-10-18(19)40-13-20(33)30-17-8-4-6-14-5-2-3-7-16(14)17)22-23-25(41-26-24(22)42-29(38)31-26)28(37)32(27(23)36)12-21(34)35/h2-11,22-23,25H,12-13H2,1H3,(H,30,33)(H,31,38)(H,34,35)/t22-,23?,25?/m0/s1. The molecule has 3 N–H and O–H groups in total. The first-order chi connectivity index (χ1) is 20.2. The molecule has 3 atom stereocenters. The molecule has 4 aromatic rings. The van der Waals surface area contributed by atoms with Crippen LogP contribution in [0, 0.1) is 5.92 Å². The highest BCUT2D eigenvalue weighted by Crippen LogP contribution is 2.53. The summed E-state index contributed by atoms with van der Waals surface area (Å²) in [5.74, 6) is -3.95. The van der Waals surface area contributed by atoms with Crippen LogP contribution in [-0.2, 0) is 19.2 Å². The number of benzene rings is 3. The van der Waals surface area contributed by atoms with E-state index in [1.807, 2.05) is 42.5 Å². The number of nitrogens with one attached hydrogen (secondary N) is 2. The van der Waals surface area contributed by atoms with Gasteiger partial charge >= 0.3 is 10.8 Å². The number of H-pyrrole nitrogens is 1. The Balaban J connectivity index is 1.26. The van der Waals surface area contributed by atoms with Crippen molar-refractivity contribution in [1.82, 2.24) is 9.88 Å². The first kappa shape index (κ1) is 27.5. The van der Waals surface area contributed by atoms with Crippen LogP contribution in [-0.4, -0.2) is 64.2 Å². The Morgan fingerprint density at radius 3 is 2.60 bits per heavy atom. The third-order valence-corrected chi connectivity index (χ3v) is 9.58. The van der Waals surface area contributed by atoms with E-state index in [4.69, 9.17) is 9.47 Å². The number of fused-ring (bicyclic) bond motifs is 3. The van der Waals surface area contributed by atoms with Gasteiger partial charge in [0.05, 0.1) is 18.1 Å². The quantitative estimate of drug-likeness (QED) is 0.257. The van der Waals surface area contributed by atoms with E-state index in [9.17, 15) is 29.1 Å². The molecule has 0 aliphatic carbocycles. The van der Waals surface area contributed by atoms with Crippen LogP contribution in [0.4, 0.5) is 5.69 Å². The lowest BCUT2D eigenvalue weighted by Crippen LogP contribution is -2.36. The molecular weight excluding hydrogens is 582 g/mol. The maximum absolute atomic E-state index is 13.4. The van der Waals surface area contributed by atoms with E-state index in [2.05, 4.69) is 10.3 Å². The number of hydrogen-bond acceptors (Lipinski definition) is 9. The van der Waals surface area contributed by atoms with Gasteiger partial charge in [0.15, 0.2) is 18.1 Å². The second kappa shape index (κ2) is 11.0. The van der Waals surface area contributed by atoms with Crippen LogP contribution in [0.1, 0.15) is 16.4 Å². The zero-order valence-electron chi connectivity index (χ0n) is 22.0. The van der Waals surface area contributed by atoms with Crippen LogP contribution >= 0.6 is 23.1 Å². The monoisotopic (exact) mass is 605 g/mol. The number of imide groups is 1. The van der Waals surface area contributed by atoms with E-state index in [-0.39, 0.29) is 28.9 Å². The number of thioether (sulfide) groups is 1. The number of carbonyl (C=O) groups is 4. The fourth-order valence-electron chi connectivity index (χ4n) is 5.39. The van der Waals surface area contributed by atoms with Crippen molar-refractivity contribution in [1.29, 1.82) is 0 Å². The fourth-order valence-corrected chi connectivity index (χ4v) is 7.92. The lowest BCUT2D eigenvalue weighted by molar-refractivity contribution is -0.149. The van der Waals surface area contributed by atoms with Gasteiger partial charge in [-0.15, -0.1) is 0 Å². The molecule has 1 saturated heterocycles. The van der Waals surface area contributed by atoms with Crippen LogP contribution in [0.5, 0.6) is 11.5 Å². The van der Waals surface area contributed by atoms with Crippen molar-refractivity contribution in [2.75, 3.05) is 25.6 Å². The number of anilines is 1. The number of aromatic nitrogens is 1. The summed E-state index contributed by atoms with van der Waals surface area (Å²) < 4.78 is 11.3. The molecule has 2 aliphatic rings. The average molecular weight is 606 g/mol. The molecule has 6 rings (SSSR count). The topological polar surface area (TPSA) is 155 Å². The van der Waals surface area contributed by atoms with Gasteiger partial charge in [0.1, 0.15) is 11.8 Å². The second-order valence-electron chi connectivity index (χ2n) is 9.68. The predicted molar refractivity (Wildman–Crippen MR) is 155 cm³/mol. The first-order valence-corrected chi connectivity index (χ1v) is 14.5. The molecule has 3 amide bonds. The molecule has 1 aromatic heterocycles. The Morgan fingerprint density at radius 1 is 1.02 bits per heavy atom. The minimum absolute atomic E-state index is 0.278. The summed E-state index contributed by atoms with van der Waals surface area (Å²) in [6.07, 6.45) is 0. The number of ether oxygens (including phenoxy) is 2. The van der Waals surface area contributed by atoms with Crippen molar-refractivity contribution in [3.63, 3.8) is 0 Å². The highest BCUT2D eigenvalue weighted by atomic mass is 32.2. The number of nitrogens with zero attached hydrogens (tertiary/aromatic N) is 1. The van der Waals surface area contributed by atoms with Crippen LogP contribution in [0.3, 0.4) is 0 Å². The number of aliphatic carboxylic acids is 1. The van der Waals surface area contributed by atoms with Gasteiger partial charge in [-0.05, 0) is 29.1 Å². The summed E-state index contributed by atoms with van der Waals surface area (Å²) in [7, 11) is 1.43. The van der Waals surface area contributed by atoms with Gasteiger partial charge in [-0.1, -0.05) is 65.6 Å². The normalized spacial score (nSPS) is 19.4. The van der Waals surface area contributed by atoms with Gasteiger partial charge in [-0.2, -0.15) is 0 Å². The molecule has 0 bridgehead atoms. The predicted octanol–water partition coefficient (Wildman–Crippen LogP) is 3.29. The third-order valence-electron chi connectivity index (χ3n) is 7.18. The summed E-state index contributed by atoms with van der Waals surface area (Å²) >= 11 is 2.00. The highest BCUT2D eigenvalue weighted by Gasteiger charge is 2.56. The molecule has 3 aromatic carbocycles. The van der Waals surface area contributed by atoms with Crippen LogP contribution in [0.15, 0.2) is 70.5 Å². The number of carboxylic acids is 1. The molecule has 0 saturated carbocycles. The first-order valence-electron chi connectivity index (χ1n) is 12.8. The van der Waals surface area contributed by atoms with Crippen LogP contribution in [0.2, 0.25) is 0 Å². The smallest absolute Gasteiger partial charge is 0.323 e. The number of thiazole rings is 1. The molecule has 0 radical (unpaired) electrons.